The highest BCUT2D eigenvalue weighted by Gasteiger charge is 2.13. The van der Waals surface area contributed by atoms with Crippen LogP contribution in [0.5, 0.6) is 0 Å². The fourth-order valence-electron chi connectivity index (χ4n) is 2.86. The van der Waals surface area contributed by atoms with Crippen molar-refractivity contribution in [2.24, 2.45) is 0 Å². The lowest BCUT2D eigenvalue weighted by atomic mass is 10.3. The lowest BCUT2D eigenvalue weighted by Gasteiger charge is -2.06. The van der Waals surface area contributed by atoms with Crippen LogP contribution in [0, 0.1) is 6.92 Å². The van der Waals surface area contributed by atoms with E-state index in [4.69, 9.17) is 10.1 Å². The molecular weight excluding hydrogens is 344 g/mol. The van der Waals surface area contributed by atoms with E-state index in [2.05, 4.69) is 27.6 Å². The summed E-state index contributed by atoms with van der Waals surface area (Å²) in [6.07, 6.45) is 6.31. The van der Waals surface area contributed by atoms with Gasteiger partial charge in [-0.15, -0.1) is 16.4 Å². The standard InChI is InChI=1S/C19H20N6S/c1-15-6-2-8-18(21-15)25-19(9-3-11-24-12-5-10-20-24)22-17(23-25)14-16-7-4-13-26-16/h2,4-8,10,12-13H,3,9,11,14H2,1H3. The van der Waals surface area contributed by atoms with Gasteiger partial charge in [-0.3, -0.25) is 4.68 Å². The van der Waals surface area contributed by atoms with Crippen molar-refractivity contribution >= 4 is 11.3 Å². The average molecular weight is 364 g/mol. The first-order chi connectivity index (χ1) is 12.8. The summed E-state index contributed by atoms with van der Waals surface area (Å²) in [7, 11) is 0. The summed E-state index contributed by atoms with van der Waals surface area (Å²) in [5.74, 6) is 2.61. The van der Waals surface area contributed by atoms with E-state index in [1.54, 1.807) is 17.5 Å². The van der Waals surface area contributed by atoms with Crippen molar-refractivity contribution in [2.75, 3.05) is 0 Å². The molecule has 0 fully saturated rings. The minimum absolute atomic E-state index is 0.753. The number of aryl methyl sites for hydroxylation is 3. The van der Waals surface area contributed by atoms with E-state index in [0.717, 1.165) is 49.0 Å². The van der Waals surface area contributed by atoms with Gasteiger partial charge in [-0.05, 0) is 43.0 Å². The van der Waals surface area contributed by atoms with Gasteiger partial charge in [0.2, 0.25) is 0 Å². The van der Waals surface area contributed by atoms with E-state index in [-0.39, 0.29) is 0 Å². The Morgan fingerprint density at radius 1 is 1.08 bits per heavy atom. The predicted octanol–water partition coefficient (Wildman–Crippen LogP) is 3.45. The molecule has 4 aromatic rings. The summed E-state index contributed by atoms with van der Waals surface area (Å²) in [4.78, 5) is 10.7. The molecule has 0 radical (unpaired) electrons. The number of pyridine rings is 1. The van der Waals surface area contributed by atoms with Crippen LogP contribution < -0.4 is 0 Å². The van der Waals surface area contributed by atoms with Gasteiger partial charge in [0.15, 0.2) is 11.6 Å². The molecule has 26 heavy (non-hydrogen) atoms. The van der Waals surface area contributed by atoms with E-state index in [0.29, 0.717) is 0 Å². The SMILES string of the molecule is Cc1cccc(-n2nc(Cc3cccs3)nc2CCCn2cccn2)n1. The second-order valence-electron chi connectivity index (χ2n) is 6.12. The first-order valence-electron chi connectivity index (χ1n) is 8.66. The smallest absolute Gasteiger partial charge is 0.156 e. The van der Waals surface area contributed by atoms with Crippen molar-refractivity contribution in [3.63, 3.8) is 0 Å². The van der Waals surface area contributed by atoms with Gasteiger partial charge < -0.3 is 0 Å². The van der Waals surface area contributed by atoms with Crippen molar-refractivity contribution < 1.29 is 0 Å². The Balaban J connectivity index is 1.58. The molecular formula is C19H20N6S. The predicted molar refractivity (Wildman–Crippen MR) is 102 cm³/mol. The van der Waals surface area contributed by atoms with E-state index < -0.39 is 0 Å². The van der Waals surface area contributed by atoms with Gasteiger partial charge >= 0.3 is 0 Å². The third-order valence-corrected chi connectivity index (χ3v) is 4.94. The zero-order valence-corrected chi connectivity index (χ0v) is 15.4. The molecule has 0 N–H and O–H groups in total. The van der Waals surface area contributed by atoms with Crippen LogP contribution in [0.1, 0.15) is 28.6 Å². The molecule has 4 heterocycles. The first-order valence-corrected chi connectivity index (χ1v) is 9.54. The van der Waals surface area contributed by atoms with Crippen LogP contribution in [0.15, 0.2) is 54.2 Å². The topological polar surface area (TPSA) is 61.4 Å². The highest BCUT2D eigenvalue weighted by molar-refractivity contribution is 7.09. The molecule has 0 bridgehead atoms. The molecule has 0 aliphatic carbocycles. The third-order valence-electron chi connectivity index (χ3n) is 4.07. The molecule has 0 aromatic carbocycles. The molecule has 4 rings (SSSR count). The van der Waals surface area contributed by atoms with Crippen molar-refractivity contribution in [1.29, 1.82) is 0 Å². The molecule has 6 nitrogen and oxygen atoms in total. The fourth-order valence-corrected chi connectivity index (χ4v) is 3.56. The van der Waals surface area contributed by atoms with Gasteiger partial charge in [0.1, 0.15) is 5.82 Å². The summed E-state index contributed by atoms with van der Waals surface area (Å²) in [5.41, 5.74) is 0.972. The number of hydrogen-bond acceptors (Lipinski definition) is 5. The van der Waals surface area contributed by atoms with Crippen LogP contribution in [-0.4, -0.2) is 29.5 Å². The summed E-state index contributed by atoms with van der Waals surface area (Å²) in [6, 6.07) is 12.1. The molecule has 7 heteroatoms. The monoisotopic (exact) mass is 364 g/mol. The van der Waals surface area contributed by atoms with Crippen LogP contribution in [0.4, 0.5) is 0 Å². The molecule has 0 amide bonds. The van der Waals surface area contributed by atoms with Gasteiger partial charge in [-0.2, -0.15) is 9.78 Å². The molecule has 132 valence electrons. The Hall–Kier alpha value is -2.80. The molecule has 0 spiro atoms. The molecule has 4 aromatic heterocycles. The van der Waals surface area contributed by atoms with Gasteiger partial charge in [-0.1, -0.05) is 12.1 Å². The molecule has 0 unspecified atom stereocenters. The summed E-state index contributed by atoms with van der Waals surface area (Å²) in [6.45, 7) is 2.85. The second kappa shape index (κ2) is 7.61. The number of aromatic nitrogens is 6. The maximum Gasteiger partial charge on any atom is 0.156 e. The molecule has 0 aliphatic heterocycles. The van der Waals surface area contributed by atoms with E-state index in [1.807, 2.05) is 46.7 Å². The van der Waals surface area contributed by atoms with E-state index >= 15 is 0 Å². The Labute approximate surface area is 156 Å². The van der Waals surface area contributed by atoms with Gasteiger partial charge in [0, 0.05) is 42.4 Å². The maximum atomic E-state index is 4.80. The zero-order chi connectivity index (χ0) is 17.8. The minimum Gasteiger partial charge on any atom is -0.273 e. The quantitative estimate of drug-likeness (QED) is 0.504. The molecule has 0 saturated heterocycles. The van der Waals surface area contributed by atoms with Gasteiger partial charge in [0.25, 0.3) is 0 Å². The average Bonchev–Trinajstić information content (AvgIpc) is 3.38. The van der Waals surface area contributed by atoms with Gasteiger partial charge in [0.05, 0.1) is 0 Å². The lowest BCUT2D eigenvalue weighted by molar-refractivity contribution is 0.565. The fraction of sp³-hybridized carbons (Fsp3) is 0.263. The number of thiophene rings is 1. The molecule has 0 aliphatic rings. The Kier molecular flexibility index (Phi) is 4.88. The second-order valence-corrected chi connectivity index (χ2v) is 7.15. The number of rotatable bonds is 7. The Bertz CT molecular complexity index is 956. The van der Waals surface area contributed by atoms with Crippen LogP contribution in [0.2, 0.25) is 0 Å². The van der Waals surface area contributed by atoms with Crippen LogP contribution >= 0.6 is 11.3 Å². The maximum absolute atomic E-state index is 4.80. The van der Waals surface area contributed by atoms with E-state index in [9.17, 15) is 0 Å². The molecule has 0 saturated carbocycles. The Morgan fingerprint density at radius 3 is 2.81 bits per heavy atom. The highest BCUT2D eigenvalue weighted by Crippen LogP contribution is 2.16. The van der Waals surface area contributed by atoms with Crippen LogP contribution in [-0.2, 0) is 19.4 Å². The largest absolute Gasteiger partial charge is 0.273 e. The number of nitrogens with zero attached hydrogens (tertiary/aromatic N) is 6. The third kappa shape index (κ3) is 3.88. The summed E-state index contributed by atoms with van der Waals surface area (Å²) < 4.78 is 3.83. The Morgan fingerprint density at radius 2 is 2.04 bits per heavy atom. The van der Waals surface area contributed by atoms with Gasteiger partial charge in [-0.25, -0.2) is 9.97 Å². The minimum atomic E-state index is 0.753. The van der Waals surface area contributed by atoms with E-state index in [1.165, 1.54) is 4.88 Å². The van der Waals surface area contributed by atoms with Crippen molar-refractivity contribution in [3.8, 4) is 5.82 Å². The van der Waals surface area contributed by atoms with Crippen molar-refractivity contribution in [3.05, 3.63) is 76.4 Å². The summed E-state index contributed by atoms with van der Waals surface area (Å²) in [5, 5.41) is 11.1. The van der Waals surface area contributed by atoms with Crippen molar-refractivity contribution in [1.82, 2.24) is 29.5 Å². The normalized spacial score (nSPS) is 11.1. The van der Waals surface area contributed by atoms with Crippen LogP contribution in [0.25, 0.3) is 5.82 Å². The highest BCUT2D eigenvalue weighted by atomic mass is 32.1. The first kappa shape index (κ1) is 16.7. The van der Waals surface area contributed by atoms with Crippen molar-refractivity contribution in [2.45, 2.75) is 32.7 Å². The number of hydrogen-bond donors (Lipinski definition) is 0. The molecule has 0 atom stereocenters. The zero-order valence-electron chi connectivity index (χ0n) is 14.6. The van der Waals surface area contributed by atoms with Crippen LogP contribution in [0.3, 0.4) is 0 Å². The summed E-state index contributed by atoms with van der Waals surface area (Å²) >= 11 is 1.73. The lowest BCUT2D eigenvalue weighted by Crippen LogP contribution is -2.07.